The average molecular weight is 355 g/mol. The highest BCUT2D eigenvalue weighted by molar-refractivity contribution is 6.64. The van der Waals surface area contributed by atoms with Crippen LogP contribution in [0.3, 0.4) is 0 Å². The number of anilines is 1. The molecule has 0 bridgehead atoms. The van der Waals surface area contributed by atoms with Crippen LogP contribution in [0.5, 0.6) is 0 Å². The van der Waals surface area contributed by atoms with Gasteiger partial charge >= 0.3 is 13.2 Å². The second-order valence-corrected chi connectivity index (χ2v) is 8.24. The molecule has 6 nitrogen and oxygen atoms in total. The first-order chi connectivity index (χ1) is 10.8. The Morgan fingerprint density at radius 3 is 2.29 bits per heavy atom. The van der Waals surface area contributed by atoms with Gasteiger partial charge in [0.05, 0.1) is 16.2 Å². The molecule has 1 saturated heterocycles. The summed E-state index contributed by atoms with van der Waals surface area (Å²) in [7, 11) is -0.689. The highest BCUT2D eigenvalue weighted by Crippen LogP contribution is 2.37. The lowest BCUT2D eigenvalue weighted by Gasteiger charge is -2.32. The van der Waals surface area contributed by atoms with Gasteiger partial charge in [0, 0.05) is 11.7 Å². The fraction of sp³-hybridized carbons (Fsp3) is 0.625. The topological polar surface area (TPSA) is 69.7 Å². The van der Waals surface area contributed by atoms with Gasteiger partial charge < -0.3 is 14.0 Å². The van der Waals surface area contributed by atoms with E-state index in [1.807, 2.05) is 27.7 Å². The van der Waals surface area contributed by atoms with Crippen molar-refractivity contribution in [2.75, 3.05) is 5.32 Å². The number of amides is 1. The Bertz CT molecular complexity index is 627. The summed E-state index contributed by atoms with van der Waals surface area (Å²) in [6, 6.07) is 1.67. The van der Waals surface area contributed by atoms with Crippen molar-refractivity contribution in [3.8, 4) is 0 Å². The fourth-order valence-electron chi connectivity index (χ4n) is 2.11. The third-order valence-electron chi connectivity index (χ3n) is 4.01. The molecule has 1 N–H and O–H groups in total. The molecule has 0 radical (unpaired) electrons. The number of halogens is 1. The maximum atomic E-state index is 12.0. The van der Waals surface area contributed by atoms with E-state index in [1.54, 1.807) is 26.8 Å². The molecule has 8 heteroatoms. The molecule has 2 rings (SSSR count). The minimum Gasteiger partial charge on any atom is -0.444 e. The van der Waals surface area contributed by atoms with E-state index in [0.29, 0.717) is 16.3 Å². The van der Waals surface area contributed by atoms with Crippen LogP contribution in [0.2, 0.25) is 5.02 Å². The molecule has 1 aromatic heterocycles. The minimum absolute atomic E-state index is 0.298. The van der Waals surface area contributed by atoms with Gasteiger partial charge in [0.15, 0.2) is 0 Å². The smallest absolute Gasteiger partial charge is 0.444 e. The van der Waals surface area contributed by atoms with Gasteiger partial charge in [-0.15, -0.1) is 0 Å². The molecule has 132 valence electrons. The van der Waals surface area contributed by atoms with E-state index in [9.17, 15) is 4.79 Å². The monoisotopic (exact) mass is 354 g/mol. The van der Waals surface area contributed by atoms with Gasteiger partial charge in [-0.25, -0.2) is 9.78 Å². The molecule has 0 atom stereocenters. The lowest BCUT2D eigenvalue weighted by atomic mass is 9.79. The van der Waals surface area contributed by atoms with Crippen LogP contribution in [0.1, 0.15) is 48.5 Å². The van der Waals surface area contributed by atoms with E-state index in [2.05, 4.69) is 10.3 Å². The quantitative estimate of drug-likeness (QED) is 0.825. The van der Waals surface area contributed by atoms with Crippen LogP contribution in [0.15, 0.2) is 12.3 Å². The predicted molar refractivity (Wildman–Crippen MR) is 94.8 cm³/mol. The number of nitrogens with one attached hydrogen (secondary N) is 1. The molecule has 0 aromatic carbocycles. The number of aromatic nitrogens is 1. The first kappa shape index (κ1) is 19.0. The maximum Gasteiger partial charge on any atom is 0.498 e. The number of ether oxygens (including phenoxy) is 1. The molecular weight excluding hydrogens is 330 g/mol. The van der Waals surface area contributed by atoms with Crippen molar-refractivity contribution >= 4 is 36.1 Å². The van der Waals surface area contributed by atoms with E-state index < -0.39 is 30.0 Å². The average Bonchev–Trinajstić information content (AvgIpc) is 2.58. The van der Waals surface area contributed by atoms with E-state index in [0.717, 1.165) is 0 Å². The SMILES string of the molecule is CC(C)(C)OC(=O)Nc1ncc(Cl)cc1B1OC(C)(C)C(C)(C)O1. The van der Waals surface area contributed by atoms with Crippen LogP contribution in [0.4, 0.5) is 10.6 Å². The molecule has 1 aromatic rings. The molecule has 0 saturated carbocycles. The summed E-state index contributed by atoms with van der Waals surface area (Å²) in [6.07, 6.45) is 0.846. The molecule has 0 spiro atoms. The summed E-state index contributed by atoms with van der Waals surface area (Å²) >= 11 is 6.06. The third kappa shape index (κ3) is 4.20. The van der Waals surface area contributed by atoms with Gasteiger partial charge in [0.1, 0.15) is 11.4 Å². The van der Waals surface area contributed by atoms with Crippen LogP contribution in [-0.2, 0) is 14.0 Å². The summed E-state index contributed by atoms with van der Waals surface area (Å²) in [5, 5.41) is 3.06. The normalized spacial score (nSPS) is 19.2. The van der Waals surface area contributed by atoms with Gasteiger partial charge in [-0.05, 0) is 54.5 Å². The van der Waals surface area contributed by atoms with Crippen molar-refractivity contribution in [1.82, 2.24) is 4.98 Å². The number of pyridine rings is 1. The largest absolute Gasteiger partial charge is 0.498 e. The Morgan fingerprint density at radius 2 is 1.79 bits per heavy atom. The van der Waals surface area contributed by atoms with Crippen LogP contribution in [0, 0.1) is 0 Å². The summed E-state index contributed by atoms with van der Waals surface area (Å²) in [6.45, 7) is 13.2. The fourth-order valence-corrected chi connectivity index (χ4v) is 2.28. The van der Waals surface area contributed by atoms with Gasteiger partial charge in [0.2, 0.25) is 0 Å². The van der Waals surface area contributed by atoms with Crippen LogP contribution in [-0.4, -0.2) is 35.0 Å². The van der Waals surface area contributed by atoms with Gasteiger partial charge in [0.25, 0.3) is 0 Å². The predicted octanol–water partition coefficient (Wildman–Crippen LogP) is 3.38. The number of hydrogen-bond acceptors (Lipinski definition) is 5. The van der Waals surface area contributed by atoms with Crippen molar-refractivity contribution in [2.45, 2.75) is 65.3 Å². The van der Waals surface area contributed by atoms with Crippen molar-refractivity contribution in [3.63, 3.8) is 0 Å². The van der Waals surface area contributed by atoms with Crippen LogP contribution >= 0.6 is 11.6 Å². The highest BCUT2D eigenvalue weighted by Gasteiger charge is 2.52. The second kappa shape index (κ2) is 6.21. The number of nitrogens with zero attached hydrogens (tertiary/aromatic N) is 1. The summed E-state index contributed by atoms with van der Waals surface area (Å²) < 4.78 is 17.3. The highest BCUT2D eigenvalue weighted by atomic mass is 35.5. The molecule has 0 aliphatic carbocycles. The van der Waals surface area contributed by atoms with Crippen LogP contribution in [0.25, 0.3) is 0 Å². The molecule has 24 heavy (non-hydrogen) atoms. The van der Waals surface area contributed by atoms with Gasteiger partial charge in [-0.1, -0.05) is 11.6 Å². The summed E-state index contributed by atoms with van der Waals surface area (Å²) in [4.78, 5) is 16.2. The van der Waals surface area contributed by atoms with Gasteiger partial charge in [-0.2, -0.15) is 0 Å². The van der Waals surface area contributed by atoms with Gasteiger partial charge in [-0.3, -0.25) is 5.32 Å². The third-order valence-corrected chi connectivity index (χ3v) is 4.22. The standard InChI is InChI=1S/C16H24BClN2O4/c1-14(2,3)22-13(21)20-12-11(8-10(18)9-19-12)17-23-15(4,5)16(6,7)24-17/h8-9H,1-7H3,(H,19,20,21). The number of carbonyl (C=O) groups excluding carboxylic acids is 1. The minimum atomic E-state index is -0.689. The van der Waals surface area contributed by atoms with E-state index >= 15 is 0 Å². The molecule has 1 amide bonds. The Morgan fingerprint density at radius 1 is 1.25 bits per heavy atom. The zero-order valence-electron chi connectivity index (χ0n) is 15.2. The number of hydrogen-bond donors (Lipinski definition) is 1. The summed E-state index contributed by atoms with van der Waals surface area (Å²) in [5.74, 6) is 0.298. The van der Waals surface area contributed by atoms with E-state index in [1.165, 1.54) is 6.20 Å². The maximum absolute atomic E-state index is 12.0. The van der Waals surface area contributed by atoms with Crippen molar-refractivity contribution in [1.29, 1.82) is 0 Å². The molecule has 0 unspecified atom stereocenters. The lowest BCUT2D eigenvalue weighted by molar-refractivity contribution is 0.00578. The zero-order chi connectivity index (χ0) is 18.3. The summed E-state index contributed by atoms with van der Waals surface area (Å²) in [5.41, 5.74) is -1.08. The molecule has 2 heterocycles. The zero-order valence-corrected chi connectivity index (χ0v) is 15.9. The van der Waals surface area contributed by atoms with Crippen LogP contribution < -0.4 is 10.8 Å². The Labute approximate surface area is 148 Å². The molecule has 1 aliphatic rings. The second-order valence-electron chi connectivity index (χ2n) is 7.81. The Balaban J connectivity index is 2.28. The van der Waals surface area contributed by atoms with Crippen molar-refractivity contribution in [3.05, 3.63) is 17.3 Å². The molecule has 1 aliphatic heterocycles. The Kier molecular flexibility index (Phi) is 4.92. The van der Waals surface area contributed by atoms with Crippen molar-refractivity contribution in [2.24, 2.45) is 0 Å². The number of carbonyl (C=O) groups is 1. The van der Waals surface area contributed by atoms with Crippen molar-refractivity contribution < 1.29 is 18.8 Å². The first-order valence-corrected chi connectivity index (χ1v) is 8.20. The lowest BCUT2D eigenvalue weighted by Crippen LogP contribution is -2.41. The van der Waals surface area contributed by atoms with E-state index in [-0.39, 0.29) is 0 Å². The number of rotatable bonds is 2. The molecule has 1 fully saturated rings. The Hall–Kier alpha value is -1.31. The van der Waals surface area contributed by atoms with E-state index in [4.69, 9.17) is 25.6 Å². The first-order valence-electron chi connectivity index (χ1n) is 7.82. The molecular formula is C16H24BClN2O4.